The summed E-state index contributed by atoms with van der Waals surface area (Å²) in [4.78, 5) is 20.4. The quantitative estimate of drug-likeness (QED) is 0.862. The van der Waals surface area contributed by atoms with Gasteiger partial charge in [0.05, 0.1) is 12.3 Å². The number of nitrogens with zero attached hydrogens (tertiary/aromatic N) is 2. The van der Waals surface area contributed by atoms with Gasteiger partial charge >= 0.3 is 5.97 Å². The fourth-order valence-electron chi connectivity index (χ4n) is 2.77. The monoisotopic (exact) mass is 319 g/mol. The zero-order valence-electron chi connectivity index (χ0n) is 13.4. The first-order valence-corrected chi connectivity index (χ1v) is 8.24. The first-order chi connectivity index (χ1) is 10.3. The molecule has 0 fully saturated rings. The summed E-state index contributed by atoms with van der Waals surface area (Å²) in [5, 5.41) is 0.861. The second-order valence-electron chi connectivity index (χ2n) is 6.36. The Morgan fingerprint density at radius 2 is 2.27 bits per heavy atom. The van der Waals surface area contributed by atoms with Crippen LogP contribution in [0, 0.1) is 0 Å². The highest BCUT2D eigenvalue weighted by Gasteiger charge is 2.32. The standard InChI is InChI=1S/C16H21N3O2S/c1-5-21-15(20)13-12(17)10-6-9-8-19(4)16(2,3)7-11(9)18-14(10)22-13/h6H,5,7-8,17H2,1-4H3. The van der Waals surface area contributed by atoms with E-state index >= 15 is 0 Å². The zero-order valence-corrected chi connectivity index (χ0v) is 14.2. The van der Waals surface area contributed by atoms with E-state index in [9.17, 15) is 4.79 Å². The fraction of sp³-hybridized carbons (Fsp3) is 0.500. The predicted octanol–water partition coefficient (Wildman–Crippen LogP) is 2.82. The maximum absolute atomic E-state index is 12.0. The number of fused-ring (bicyclic) bond motifs is 2. The van der Waals surface area contributed by atoms with Crippen LogP contribution in [0.2, 0.25) is 0 Å². The van der Waals surface area contributed by atoms with Crippen LogP contribution in [-0.2, 0) is 17.7 Å². The second-order valence-corrected chi connectivity index (χ2v) is 7.36. The minimum Gasteiger partial charge on any atom is -0.462 e. The third kappa shape index (κ3) is 2.36. The highest BCUT2D eigenvalue weighted by Crippen LogP contribution is 2.37. The molecule has 2 aromatic heterocycles. The normalized spacial score (nSPS) is 17.5. The van der Waals surface area contributed by atoms with Crippen LogP contribution in [0.25, 0.3) is 10.2 Å². The van der Waals surface area contributed by atoms with Gasteiger partial charge in [0.2, 0.25) is 0 Å². The number of ether oxygens (including phenoxy) is 1. The van der Waals surface area contributed by atoms with E-state index in [2.05, 4.69) is 31.9 Å². The van der Waals surface area contributed by atoms with Crippen molar-refractivity contribution in [1.29, 1.82) is 0 Å². The van der Waals surface area contributed by atoms with Crippen molar-refractivity contribution in [2.45, 2.75) is 39.3 Å². The molecule has 118 valence electrons. The molecule has 0 amide bonds. The molecule has 0 atom stereocenters. The molecule has 0 aromatic carbocycles. The van der Waals surface area contributed by atoms with Gasteiger partial charge in [-0.2, -0.15) is 0 Å². The van der Waals surface area contributed by atoms with Crippen molar-refractivity contribution in [1.82, 2.24) is 9.88 Å². The summed E-state index contributed by atoms with van der Waals surface area (Å²) in [5.74, 6) is -0.363. The molecule has 22 heavy (non-hydrogen) atoms. The number of carbonyl (C=O) groups is 1. The van der Waals surface area contributed by atoms with E-state index in [1.807, 2.05) is 0 Å². The van der Waals surface area contributed by atoms with Crippen molar-refractivity contribution in [2.75, 3.05) is 19.4 Å². The molecule has 0 spiro atoms. The van der Waals surface area contributed by atoms with Crippen LogP contribution in [0.1, 0.15) is 41.7 Å². The van der Waals surface area contributed by atoms with Crippen LogP contribution < -0.4 is 5.73 Å². The molecule has 0 unspecified atom stereocenters. The largest absolute Gasteiger partial charge is 0.462 e. The SMILES string of the molecule is CCOC(=O)c1sc2nc3c(cc2c1N)CN(C)C(C)(C)C3. The topological polar surface area (TPSA) is 68.4 Å². The summed E-state index contributed by atoms with van der Waals surface area (Å²) >= 11 is 1.32. The molecule has 6 heteroatoms. The highest BCUT2D eigenvalue weighted by molar-refractivity contribution is 7.21. The summed E-state index contributed by atoms with van der Waals surface area (Å²) < 4.78 is 5.07. The Labute approximate surface area is 134 Å². The number of nitrogens with two attached hydrogens (primary N) is 1. The van der Waals surface area contributed by atoms with Gasteiger partial charge in [0.1, 0.15) is 9.71 Å². The van der Waals surface area contributed by atoms with E-state index < -0.39 is 0 Å². The number of aromatic nitrogens is 1. The Morgan fingerprint density at radius 3 is 2.95 bits per heavy atom. The Morgan fingerprint density at radius 1 is 1.55 bits per heavy atom. The summed E-state index contributed by atoms with van der Waals surface area (Å²) in [6, 6.07) is 2.08. The third-order valence-corrected chi connectivity index (χ3v) is 5.49. The lowest BCUT2D eigenvalue weighted by molar-refractivity contribution is 0.0533. The smallest absolute Gasteiger partial charge is 0.350 e. The third-order valence-electron chi connectivity index (χ3n) is 4.39. The second kappa shape index (κ2) is 5.21. The average Bonchev–Trinajstić information content (AvgIpc) is 2.75. The molecule has 5 nitrogen and oxygen atoms in total. The number of pyridine rings is 1. The molecule has 1 aliphatic heterocycles. The minimum absolute atomic E-state index is 0.0838. The number of thiophene rings is 1. The van der Waals surface area contributed by atoms with Crippen molar-refractivity contribution < 1.29 is 9.53 Å². The molecule has 0 bridgehead atoms. The van der Waals surface area contributed by atoms with E-state index in [0.29, 0.717) is 17.2 Å². The molecule has 0 radical (unpaired) electrons. The lowest BCUT2D eigenvalue weighted by Crippen LogP contribution is -2.46. The van der Waals surface area contributed by atoms with Gasteiger partial charge in [-0.1, -0.05) is 0 Å². The maximum atomic E-state index is 12.0. The summed E-state index contributed by atoms with van der Waals surface area (Å²) in [6.45, 7) is 7.41. The van der Waals surface area contributed by atoms with Gasteiger partial charge in [0.25, 0.3) is 0 Å². The van der Waals surface area contributed by atoms with Crippen LogP contribution >= 0.6 is 11.3 Å². The van der Waals surface area contributed by atoms with E-state index in [4.69, 9.17) is 15.5 Å². The Hall–Kier alpha value is -1.66. The zero-order chi connectivity index (χ0) is 16.1. The van der Waals surface area contributed by atoms with Gasteiger partial charge in [-0.05, 0) is 39.4 Å². The van der Waals surface area contributed by atoms with Gasteiger partial charge in [0.15, 0.2) is 0 Å². The molecule has 0 saturated carbocycles. The number of hydrogen-bond acceptors (Lipinski definition) is 6. The molecule has 2 N–H and O–H groups in total. The molecule has 1 aliphatic rings. The predicted molar refractivity (Wildman–Crippen MR) is 89.2 cm³/mol. The average molecular weight is 319 g/mol. The van der Waals surface area contributed by atoms with Crippen LogP contribution in [0.5, 0.6) is 0 Å². The number of likely N-dealkylation sites (N-methyl/N-ethyl adjacent to an activating group) is 1. The van der Waals surface area contributed by atoms with Crippen molar-refractivity contribution >= 4 is 33.2 Å². The number of nitrogen functional groups attached to an aromatic ring is 1. The summed E-state index contributed by atoms with van der Waals surface area (Å²) in [5.41, 5.74) is 9.01. The van der Waals surface area contributed by atoms with Crippen molar-refractivity contribution in [3.05, 3.63) is 22.2 Å². The fourth-order valence-corrected chi connectivity index (χ4v) is 3.76. The number of rotatable bonds is 2. The van der Waals surface area contributed by atoms with Crippen LogP contribution in [0.4, 0.5) is 5.69 Å². The lowest BCUT2D eigenvalue weighted by atomic mass is 9.89. The van der Waals surface area contributed by atoms with Gasteiger partial charge in [-0.15, -0.1) is 11.3 Å². The van der Waals surface area contributed by atoms with E-state index in [1.54, 1.807) is 6.92 Å². The van der Waals surface area contributed by atoms with Crippen molar-refractivity contribution in [3.8, 4) is 0 Å². The Bertz CT molecular complexity index is 751. The highest BCUT2D eigenvalue weighted by atomic mass is 32.1. The van der Waals surface area contributed by atoms with Crippen LogP contribution in [-0.4, -0.2) is 35.0 Å². The molecule has 2 aromatic rings. The number of carbonyl (C=O) groups excluding carboxylic acids is 1. The minimum atomic E-state index is -0.363. The van der Waals surface area contributed by atoms with Crippen molar-refractivity contribution in [3.63, 3.8) is 0 Å². The molecule has 3 rings (SSSR count). The first-order valence-electron chi connectivity index (χ1n) is 7.42. The van der Waals surface area contributed by atoms with E-state index in [0.717, 1.165) is 28.9 Å². The van der Waals surface area contributed by atoms with Crippen LogP contribution in [0.15, 0.2) is 6.07 Å². The molecule has 3 heterocycles. The lowest BCUT2D eigenvalue weighted by Gasteiger charge is -2.40. The Balaban J connectivity index is 2.10. The van der Waals surface area contributed by atoms with Crippen LogP contribution in [0.3, 0.4) is 0 Å². The summed E-state index contributed by atoms with van der Waals surface area (Å²) in [6.07, 6.45) is 0.890. The Kier molecular flexibility index (Phi) is 3.61. The molecular weight excluding hydrogens is 298 g/mol. The van der Waals surface area contributed by atoms with E-state index in [-0.39, 0.29) is 11.5 Å². The van der Waals surface area contributed by atoms with Gasteiger partial charge in [0, 0.05) is 29.6 Å². The number of esters is 1. The first kappa shape index (κ1) is 15.2. The van der Waals surface area contributed by atoms with Gasteiger partial charge < -0.3 is 10.5 Å². The number of hydrogen-bond donors (Lipinski definition) is 1. The van der Waals surface area contributed by atoms with E-state index in [1.165, 1.54) is 16.9 Å². The molecule has 0 saturated heterocycles. The van der Waals surface area contributed by atoms with Crippen molar-refractivity contribution in [2.24, 2.45) is 0 Å². The molecular formula is C16H21N3O2S. The maximum Gasteiger partial charge on any atom is 0.350 e. The van der Waals surface area contributed by atoms with Gasteiger partial charge in [-0.3, -0.25) is 4.90 Å². The molecule has 0 aliphatic carbocycles. The number of anilines is 1. The summed E-state index contributed by atoms with van der Waals surface area (Å²) in [7, 11) is 2.12. The van der Waals surface area contributed by atoms with Gasteiger partial charge in [-0.25, -0.2) is 9.78 Å².